The van der Waals surface area contributed by atoms with Crippen LogP contribution in [-0.2, 0) is 0 Å². The van der Waals surface area contributed by atoms with Gasteiger partial charge >= 0.3 is 0 Å². The van der Waals surface area contributed by atoms with Gasteiger partial charge in [-0.25, -0.2) is 15.0 Å². The molecule has 24 rings (SSSR count). The number of hydrogen-bond donors (Lipinski definition) is 0. The van der Waals surface area contributed by atoms with E-state index in [-0.39, 0.29) is 0 Å². The van der Waals surface area contributed by atoms with Crippen LogP contribution >= 0.6 is 63.7 Å². The Morgan fingerprint density at radius 2 is 0.430 bits per heavy atom. The second-order valence-corrected chi connectivity index (χ2v) is 34.6. The highest BCUT2D eigenvalue weighted by molar-refractivity contribution is 9.11. The molecule has 0 saturated carbocycles. The maximum absolute atomic E-state index is 5.15. The molecule has 0 radical (unpaired) electrons. The van der Waals surface area contributed by atoms with Crippen molar-refractivity contribution in [2.45, 2.75) is 0 Å². The number of benzene rings is 13. The number of halogens is 4. The van der Waals surface area contributed by atoms with Crippen LogP contribution in [0, 0.1) is 0 Å². The Kier molecular flexibility index (Phi) is 22.3. The van der Waals surface area contributed by atoms with Crippen LogP contribution in [0.4, 0.5) is 0 Å². The first-order valence-electron chi connectivity index (χ1n) is 42.0. The first-order valence-corrected chi connectivity index (χ1v) is 45.1. The van der Waals surface area contributed by atoms with Crippen LogP contribution in [0.1, 0.15) is 0 Å². The Morgan fingerprint density at radius 3 is 0.781 bits per heavy atom. The summed E-state index contributed by atoms with van der Waals surface area (Å²) < 4.78 is 13.5. The number of para-hydroxylation sites is 4. The Bertz CT molecular complexity index is 7020. The normalized spacial score (nSPS) is 11.3. The summed E-state index contributed by atoms with van der Waals surface area (Å²) in [5.41, 5.74) is 28.3. The van der Waals surface area contributed by atoms with Crippen molar-refractivity contribution in [3.05, 3.63) is 461 Å². The van der Waals surface area contributed by atoms with E-state index in [2.05, 4.69) is 430 Å². The van der Waals surface area contributed by atoms with Gasteiger partial charge in [-0.2, -0.15) is 0 Å². The molecule has 15 heteroatoms. The maximum atomic E-state index is 5.15. The number of pyridine rings is 7. The van der Waals surface area contributed by atoms with Crippen molar-refractivity contribution in [3.8, 4) is 113 Å². The Morgan fingerprint density at radius 1 is 0.156 bits per heavy atom. The molecule has 0 amide bonds. The van der Waals surface area contributed by atoms with Gasteiger partial charge in [0.05, 0.1) is 107 Å². The fourth-order valence-electron chi connectivity index (χ4n) is 17.2. The van der Waals surface area contributed by atoms with E-state index in [1.165, 1.54) is 70.7 Å². The zero-order chi connectivity index (χ0) is 86.0. The summed E-state index contributed by atoms with van der Waals surface area (Å²) in [6.45, 7) is 0. The van der Waals surface area contributed by atoms with Crippen molar-refractivity contribution in [2.24, 2.45) is 0 Å². The summed E-state index contributed by atoms with van der Waals surface area (Å²) in [5, 5.41) is 9.76. The monoisotopic (exact) mass is 1900 g/mol. The minimum atomic E-state index is 0.812. The van der Waals surface area contributed by atoms with Gasteiger partial charge in [-0.1, -0.05) is 282 Å². The molecule has 0 N–H and O–H groups in total. The van der Waals surface area contributed by atoms with E-state index in [4.69, 9.17) is 15.0 Å². The predicted octanol–water partition coefficient (Wildman–Crippen LogP) is 31.3. The van der Waals surface area contributed by atoms with Crippen molar-refractivity contribution in [2.75, 3.05) is 0 Å². The molecule has 0 unspecified atom stereocenters. The molecule has 608 valence electrons. The highest BCUT2D eigenvalue weighted by Gasteiger charge is 2.22. The lowest BCUT2D eigenvalue weighted by Crippen LogP contribution is -2.00. The summed E-state index contributed by atoms with van der Waals surface area (Å²) >= 11 is 14.6. The van der Waals surface area contributed by atoms with Gasteiger partial charge in [0.2, 0.25) is 0 Å². The number of fused-ring (bicyclic) bond motifs is 12. The molecule has 0 aliphatic carbocycles. The Balaban J connectivity index is 0.000000104. The van der Waals surface area contributed by atoms with Gasteiger partial charge in [0.25, 0.3) is 0 Å². The van der Waals surface area contributed by atoms with Gasteiger partial charge in [0.1, 0.15) is 5.82 Å². The number of hydrogen-bond acceptors (Lipinski definition) is 7. The quantitative estimate of drug-likeness (QED) is 0.120. The molecule has 11 nitrogen and oxygen atoms in total. The van der Waals surface area contributed by atoms with E-state index >= 15 is 0 Å². The molecule has 11 aromatic heterocycles. The standard InChI is InChI=1S/2C29H19BrN2.C28H18BrN3.C27H17BrN4/c30-23-15-16-28-25(19-23)24-13-7-8-14-27(24)32(28)29-18-22(20-9-3-1-4-10-20)17-26(31-29)21-11-5-2-6-12-21;30-22-15-16-29-25(17-22)24-13-7-8-14-28(24)32(29)23-18-26(20-9-3-1-4-10-20)31-27(19-23)21-11-5-2-6-12-21;29-21-11-12-28-24(18-21)23-7-1-2-10-27(23)32(28)22-16-19(25-8-3-5-13-30-25)15-20(17-22)26-9-4-6-14-31-26;28-18-11-12-27-21(15-18)20-7-1-2-10-26(20)32(27)19-16-24(22-8-3-5-13-29-22)31-25(17-19)23-9-4-6-14-30-23/h2*1-19H;1-18H;1-17H. The largest absolute Gasteiger partial charge is 0.309 e. The average Bonchev–Trinajstić information content (AvgIpc) is 1.61. The van der Waals surface area contributed by atoms with Gasteiger partial charge in [0, 0.05) is 119 Å². The predicted molar refractivity (Wildman–Crippen MR) is 542 cm³/mol. The highest BCUT2D eigenvalue weighted by Crippen LogP contribution is 2.43. The number of rotatable bonds is 12. The van der Waals surface area contributed by atoms with E-state index in [0.29, 0.717) is 0 Å². The Labute approximate surface area is 771 Å². The first kappa shape index (κ1) is 80.2. The van der Waals surface area contributed by atoms with Crippen LogP contribution in [0.25, 0.3) is 200 Å². The lowest BCUT2D eigenvalue weighted by atomic mass is 10.0. The molecule has 0 saturated heterocycles. The summed E-state index contributed by atoms with van der Waals surface area (Å²) in [6, 6.07) is 145. The molecule has 0 aliphatic heterocycles. The van der Waals surface area contributed by atoms with Gasteiger partial charge in [0.15, 0.2) is 0 Å². The van der Waals surface area contributed by atoms with Crippen molar-refractivity contribution in [1.82, 2.24) is 53.2 Å². The molecule has 0 spiro atoms. The molecule has 0 bridgehead atoms. The molecule has 0 atom stereocenters. The Hall–Kier alpha value is -15.0. The summed E-state index contributed by atoms with van der Waals surface area (Å²) in [7, 11) is 0. The smallest absolute Gasteiger partial charge is 0.138 e. The van der Waals surface area contributed by atoms with Crippen LogP contribution in [0.5, 0.6) is 0 Å². The van der Waals surface area contributed by atoms with E-state index in [9.17, 15) is 0 Å². The van der Waals surface area contributed by atoms with Crippen LogP contribution in [0.3, 0.4) is 0 Å². The lowest BCUT2D eigenvalue weighted by Gasteiger charge is -2.13. The van der Waals surface area contributed by atoms with Crippen LogP contribution in [-0.4, -0.2) is 53.2 Å². The lowest BCUT2D eigenvalue weighted by molar-refractivity contribution is 1.08. The summed E-state index contributed by atoms with van der Waals surface area (Å²) in [6.07, 6.45) is 7.26. The maximum Gasteiger partial charge on any atom is 0.138 e. The average molecular weight is 1900 g/mol. The fourth-order valence-corrected chi connectivity index (χ4v) is 18.7. The minimum Gasteiger partial charge on any atom is -0.309 e. The molecule has 13 aromatic carbocycles. The third-order valence-corrected chi connectivity index (χ3v) is 25.0. The van der Waals surface area contributed by atoms with Crippen LogP contribution in [0.2, 0.25) is 0 Å². The number of aromatic nitrogens is 11. The summed E-state index contributed by atoms with van der Waals surface area (Å²) in [4.78, 5) is 33.4. The van der Waals surface area contributed by atoms with E-state index < -0.39 is 0 Å². The molecule has 128 heavy (non-hydrogen) atoms. The van der Waals surface area contributed by atoms with Gasteiger partial charge < -0.3 is 13.7 Å². The molecular formula is C113H73Br4N11. The van der Waals surface area contributed by atoms with Gasteiger partial charge in [-0.05, 0) is 211 Å². The third-order valence-electron chi connectivity index (χ3n) is 23.0. The van der Waals surface area contributed by atoms with Crippen LogP contribution < -0.4 is 0 Å². The highest BCUT2D eigenvalue weighted by atomic mass is 79.9. The minimum absolute atomic E-state index is 0.812. The van der Waals surface area contributed by atoms with E-state index in [0.717, 1.165) is 147 Å². The molecule has 11 heterocycles. The van der Waals surface area contributed by atoms with E-state index in [1.54, 1.807) is 12.4 Å². The molecular weight excluding hydrogens is 1830 g/mol. The summed E-state index contributed by atoms with van der Waals surface area (Å²) in [5.74, 6) is 0.915. The first-order chi connectivity index (χ1) is 63.1. The van der Waals surface area contributed by atoms with E-state index in [1.807, 2.05) is 103 Å². The second kappa shape index (κ2) is 35.6. The molecule has 24 aromatic rings. The van der Waals surface area contributed by atoms with Crippen molar-refractivity contribution < 1.29 is 0 Å². The SMILES string of the molecule is Brc1ccc2c(c1)c1ccccc1n2-c1cc(-c2ccccc2)cc(-c2ccccc2)n1.Brc1ccc2c(c1)c1ccccc1n2-c1cc(-c2ccccc2)nc(-c2ccccc2)c1.Brc1ccc2c(c1)c1ccccc1n2-c1cc(-c2ccccn2)cc(-c2ccccn2)c1.Brc1ccc2c(c1)c1ccccc1n2-c1cc(-c2ccccn2)nc(-c2ccccn2)c1. The van der Waals surface area contributed by atoms with Crippen molar-refractivity contribution >= 4 is 151 Å². The fraction of sp³-hybridized carbons (Fsp3) is 0. The molecule has 0 fully saturated rings. The zero-order valence-corrected chi connectivity index (χ0v) is 74.9. The third kappa shape index (κ3) is 16.1. The topological polar surface area (TPSA) is 110 Å². The van der Waals surface area contributed by atoms with Gasteiger partial charge in [-0.15, -0.1) is 0 Å². The van der Waals surface area contributed by atoms with Gasteiger partial charge in [-0.3, -0.25) is 24.5 Å². The van der Waals surface area contributed by atoms with Crippen molar-refractivity contribution in [3.63, 3.8) is 0 Å². The number of nitrogens with zero attached hydrogens (tertiary/aromatic N) is 11. The zero-order valence-electron chi connectivity index (χ0n) is 68.6. The van der Waals surface area contributed by atoms with Crippen molar-refractivity contribution in [1.29, 1.82) is 0 Å². The second-order valence-electron chi connectivity index (χ2n) is 30.9. The molecule has 0 aliphatic rings. The van der Waals surface area contributed by atoms with Crippen LogP contribution in [0.15, 0.2) is 461 Å².